The number of aromatic hydroxyl groups is 1. The Kier molecular flexibility index (Phi) is 7.13. The molecule has 2 aromatic rings. The monoisotopic (exact) mass is 454 g/mol. The van der Waals surface area contributed by atoms with Gasteiger partial charge < -0.3 is 14.9 Å². The van der Waals surface area contributed by atoms with Crippen molar-refractivity contribution < 1.29 is 19.2 Å². The number of methoxy groups -OCH3 is 1. The van der Waals surface area contributed by atoms with Crippen LogP contribution in [0.5, 0.6) is 11.5 Å². The largest absolute Gasteiger partial charge is 0.507 e. The summed E-state index contributed by atoms with van der Waals surface area (Å²) in [6.07, 6.45) is 0.717. The van der Waals surface area contributed by atoms with E-state index in [9.17, 15) is 14.4 Å². The molecule has 2 atom stereocenters. The molecular formula is C19H23BrN2O4S. The van der Waals surface area contributed by atoms with Crippen LogP contribution in [0.25, 0.3) is 0 Å². The Morgan fingerprint density at radius 1 is 1.33 bits per heavy atom. The summed E-state index contributed by atoms with van der Waals surface area (Å²) in [6, 6.07) is 8.25. The Bertz CT molecular complexity index is 848. The lowest BCUT2D eigenvalue weighted by Gasteiger charge is -2.18. The quantitative estimate of drug-likeness (QED) is 0.509. The molecule has 27 heavy (non-hydrogen) atoms. The van der Waals surface area contributed by atoms with Crippen molar-refractivity contribution in [3.05, 3.63) is 52.3 Å². The number of pyridine rings is 1. The molecule has 0 saturated carbocycles. The molecule has 0 amide bonds. The zero-order valence-electron chi connectivity index (χ0n) is 15.6. The van der Waals surface area contributed by atoms with E-state index in [0.29, 0.717) is 27.2 Å². The molecule has 0 fully saturated rings. The van der Waals surface area contributed by atoms with Crippen molar-refractivity contribution in [2.45, 2.75) is 38.0 Å². The van der Waals surface area contributed by atoms with E-state index in [1.165, 1.54) is 13.2 Å². The maximum atomic E-state index is 12.6. The summed E-state index contributed by atoms with van der Waals surface area (Å²) in [6.45, 7) is 5.44. The lowest BCUT2D eigenvalue weighted by Crippen LogP contribution is -2.22. The van der Waals surface area contributed by atoms with Crippen molar-refractivity contribution in [3.63, 3.8) is 0 Å². The van der Waals surface area contributed by atoms with Gasteiger partial charge in [0.05, 0.1) is 23.7 Å². The normalized spacial score (nSPS) is 14.7. The standard InChI is InChI=1S/C19H23BrN2O4S/c1-19(2,3)27(25)22-15(14-7-6-13(26-4)9-17(14)24)10-16(23)12-5-8-18(20)21-11-12/h5-9,11,16,23-24H,10H2,1-4H3/b22-15+/t16-,27?/m0/s1. The molecule has 1 aromatic heterocycles. The summed E-state index contributed by atoms with van der Waals surface area (Å²) in [5.74, 6) is 0.436. The smallest absolute Gasteiger partial charge is 0.145 e. The van der Waals surface area contributed by atoms with Gasteiger partial charge in [0.1, 0.15) is 27.1 Å². The predicted molar refractivity (Wildman–Crippen MR) is 111 cm³/mol. The minimum atomic E-state index is -1.55. The average molecular weight is 455 g/mol. The maximum Gasteiger partial charge on any atom is 0.145 e. The lowest BCUT2D eigenvalue weighted by molar-refractivity contribution is 0.186. The molecule has 1 aromatic carbocycles. The first-order valence-corrected chi connectivity index (χ1v) is 10.2. The van der Waals surface area contributed by atoms with Crippen LogP contribution in [0.1, 0.15) is 44.4 Å². The molecule has 0 aliphatic rings. The third-order valence-corrected chi connectivity index (χ3v) is 5.66. The van der Waals surface area contributed by atoms with E-state index < -0.39 is 21.8 Å². The highest BCUT2D eigenvalue weighted by Crippen LogP contribution is 2.29. The molecule has 0 radical (unpaired) electrons. The third-order valence-electron chi connectivity index (χ3n) is 3.75. The number of ether oxygens (including phenoxy) is 1. The fourth-order valence-corrected chi connectivity index (χ4v) is 3.08. The van der Waals surface area contributed by atoms with E-state index >= 15 is 0 Å². The zero-order valence-corrected chi connectivity index (χ0v) is 18.0. The Labute approximate surface area is 170 Å². The number of benzene rings is 1. The van der Waals surface area contributed by atoms with Gasteiger partial charge in [-0.25, -0.2) is 9.19 Å². The van der Waals surface area contributed by atoms with Crippen LogP contribution in [0.15, 0.2) is 45.5 Å². The summed E-state index contributed by atoms with van der Waals surface area (Å²) < 4.78 is 22.1. The van der Waals surface area contributed by atoms with Gasteiger partial charge in [-0.3, -0.25) is 0 Å². The van der Waals surface area contributed by atoms with Crippen LogP contribution in [0.2, 0.25) is 0 Å². The first kappa shape index (κ1) is 21.5. The fraction of sp³-hybridized carbons (Fsp3) is 0.368. The van der Waals surface area contributed by atoms with E-state index in [4.69, 9.17) is 4.74 Å². The minimum Gasteiger partial charge on any atom is -0.507 e. The van der Waals surface area contributed by atoms with Gasteiger partial charge in [0.25, 0.3) is 0 Å². The van der Waals surface area contributed by atoms with Gasteiger partial charge in [0.15, 0.2) is 0 Å². The van der Waals surface area contributed by atoms with Crippen LogP contribution in [0.4, 0.5) is 0 Å². The van der Waals surface area contributed by atoms with Gasteiger partial charge in [0.2, 0.25) is 0 Å². The number of aliphatic hydroxyl groups is 1. The first-order chi connectivity index (χ1) is 12.6. The first-order valence-electron chi connectivity index (χ1n) is 8.28. The molecule has 1 heterocycles. The minimum absolute atomic E-state index is 0.0554. The van der Waals surface area contributed by atoms with Gasteiger partial charge >= 0.3 is 0 Å². The Balaban J connectivity index is 2.42. The number of nitrogens with zero attached hydrogens (tertiary/aromatic N) is 2. The van der Waals surface area contributed by atoms with Crippen molar-refractivity contribution in [1.29, 1.82) is 0 Å². The van der Waals surface area contributed by atoms with Crippen LogP contribution in [0.3, 0.4) is 0 Å². The maximum absolute atomic E-state index is 12.6. The average Bonchev–Trinajstić information content (AvgIpc) is 2.60. The second kappa shape index (κ2) is 8.95. The summed E-state index contributed by atoms with van der Waals surface area (Å²) in [5, 5.41) is 21.0. The summed E-state index contributed by atoms with van der Waals surface area (Å²) >= 11 is 3.26. The molecule has 0 aliphatic heterocycles. The summed E-state index contributed by atoms with van der Waals surface area (Å²) in [5.41, 5.74) is 1.34. The number of halogens is 1. The van der Waals surface area contributed by atoms with Crippen LogP contribution < -0.4 is 4.74 Å². The summed E-state index contributed by atoms with van der Waals surface area (Å²) in [7, 11) is -0.0460. The predicted octanol–water partition coefficient (Wildman–Crippen LogP) is 3.93. The number of phenols is 1. The van der Waals surface area contributed by atoms with E-state index in [1.807, 2.05) is 20.8 Å². The van der Waals surface area contributed by atoms with Crippen LogP contribution in [-0.4, -0.2) is 37.0 Å². The second-order valence-corrected chi connectivity index (χ2v) is 9.63. The van der Waals surface area contributed by atoms with Crippen molar-refractivity contribution in [3.8, 4) is 11.5 Å². The van der Waals surface area contributed by atoms with E-state index in [2.05, 4.69) is 25.3 Å². The molecule has 0 spiro atoms. The Hall–Kier alpha value is -1.77. The number of aromatic nitrogens is 1. The fourth-order valence-electron chi connectivity index (χ4n) is 2.20. The van der Waals surface area contributed by atoms with Gasteiger partial charge in [-0.1, -0.05) is 6.07 Å². The van der Waals surface area contributed by atoms with Gasteiger partial charge in [-0.05, 0) is 60.5 Å². The van der Waals surface area contributed by atoms with Crippen molar-refractivity contribution in [2.75, 3.05) is 7.11 Å². The molecule has 0 bridgehead atoms. The zero-order chi connectivity index (χ0) is 20.2. The Morgan fingerprint density at radius 2 is 2.04 bits per heavy atom. The second-order valence-electron chi connectivity index (χ2n) is 6.92. The molecule has 2 rings (SSSR count). The SMILES string of the molecule is COc1ccc(/C(C[C@H](O)c2ccc(Br)nc2)=N/S(=O)C(C)(C)C)c(O)c1. The molecule has 146 valence electrons. The van der Waals surface area contributed by atoms with E-state index in [1.54, 1.807) is 30.5 Å². The van der Waals surface area contributed by atoms with Crippen LogP contribution in [0, 0.1) is 0 Å². The van der Waals surface area contributed by atoms with Crippen molar-refractivity contribution in [1.82, 2.24) is 4.98 Å². The topological polar surface area (TPSA) is 92.0 Å². The molecule has 2 N–H and O–H groups in total. The van der Waals surface area contributed by atoms with Gasteiger partial charge in [0, 0.05) is 24.2 Å². The molecule has 0 aliphatic carbocycles. The number of phenolic OH excluding ortho intramolecular Hbond substituents is 1. The highest BCUT2D eigenvalue weighted by molar-refractivity contribution is 9.10. The summed E-state index contributed by atoms with van der Waals surface area (Å²) in [4.78, 5) is 4.11. The van der Waals surface area contributed by atoms with E-state index in [0.717, 1.165) is 0 Å². The number of hydrogen-bond donors (Lipinski definition) is 2. The highest BCUT2D eigenvalue weighted by atomic mass is 79.9. The highest BCUT2D eigenvalue weighted by Gasteiger charge is 2.23. The van der Waals surface area contributed by atoms with Crippen LogP contribution >= 0.6 is 15.9 Å². The van der Waals surface area contributed by atoms with Crippen LogP contribution in [-0.2, 0) is 11.0 Å². The number of aliphatic hydroxyl groups excluding tert-OH is 1. The Morgan fingerprint density at radius 3 is 2.56 bits per heavy atom. The lowest BCUT2D eigenvalue weighted by atomic mass is 10.00. The number of hydrogen-bond acceptors (Lipinski definition) is 5. The van der Waals surface area contributed by atoms with Crippen molar-refractivity contribution in [2.24, 2.45) is 4.40 Å². The number of rotatable bonds is 6. The van der Waals surface area contributed by atoms with Gasteiger partial charge in [-0.2, -0.15) is 4.40 Å². The third kappa shape index (κ3) is 5.85. The van der Waals surface area contributed by atoms with Crippen molar-refractivity contribution >= 4 is 32.6 Å². The van der Waals surface area contributed by atoms with E-state index in [-0.39, 0.29) is 12.2 Å². The molecular weight excluding hydrogens is 432 g/mol. The molecule has 1 unspecified atom stereocenters. The molecule has 6 nitrogen and oxygen atoms in total. The molecule has 0 saturated heterocycles. The van der Waals surface area contributed by atoms with Gasteiger partial charge in [-0.15, -0.1) is 0 Å². The molecule has 8 heteroatoms.